The molecule has 0 saturated heterocycles. The van der Waals surface area contributed by atoms with Crippen molar-refractivity contribution in [2.45, 2.75) is 19.5 Å². The summed E-state index contributed by atoms with van der Waals surface area (Å²) in [6.45, 7) is 0.813. The van der Waals surface area contributed by atoms with Crippen LogP contribution in [0.15, 0.2) is 0 Å². The van der Waals surface area contributed by atoms with E-state index in [9.17, 15) is 22.8 Å². The molecule has 0 spiro atoms. The maximum Gasteiger partial charge on any atom is 0.390 e. The van der Waals surface area contributed by atoms with Crippen LogP contribution in [0.25, 0.3) is 0 Å². The van der Waals surface area contributed by atoms with Gasteiger partial charge in [-0.2, -0.15) is 13.2 Å². The molecule has 106 valence electrons. The number of halogens is 3. The number of rotatable bonds is 5. The van der Waals surface area contributed by atoms with Crippen molar-refractivity contribution < 1.29 is 22.8 Å². The maximum atomic E-state index is 12.0. The molecule has 1 heterocycles. The normalized spacial score (nSPS) is 11.4. The van der Waals surface area contributed by atoms with Gasteiger partial charge in [-0.15, -0.1) is 11.3 Å². The second-order valence-electron chi connectivity index (χ2n) is 3.76. The summed E-state index contributed by atoms with van der Waals surface area (Å²) in [5.74, 6) is -1.27. The number of nitrogens with two attached hydrogens (primary N) is 2. The Hall–Kier alpha value is -1.77. The van der Waals surface area contributed by atoms with Crippen molar-refractivity contribution in [2.24, 2.45) is 5.73 Å². The zero-order valence-corrected chi connectivity index (χ0v) is 10.7. The highest BCUT2D eigenvalue weighted by Gasteiger charge is 2.27. The number of nitrogens with one attached hydrogen (secondary N) is 1. The summed E-state index contributed by atoms with van der Waals surface area (Å²) in [4.78, 5) is 22.6. The predicted octanol–water partition coefficient (Wildman–Crippen LogP) is 2.00. The zero-order valence-electron chi connectivity index (χ0n) is 9.93. The van der Waals surface area contributed by atoms with E-state index in [-0.39, 0.29) is 26.9 Å². The van der Waals surface area contributed by atoms with Crippen molar-refractivity contribution >= 4 is 33.7 Å². The third kappa shape index (κ3) is 3.85. The average Bonchev–Trinajstić information content (AvgIpc) is 2.53. The summed E-state index contributed by atoms with van der Waals surface area (Å²) in [6.07, 6.45) is -5.38. The van der Waals surface area contributed by atoms with Crippen molar-refractivity contribution in [1.29, 1.82) is 0 Å². The molecule has 5 N–H and O–H groups in total. The van der Waals surface area contributed by atoms with E-state index >= 15 is 0 Å². The van der Waals surface area contributed by atoms with E-state index in [4.69, 9.17) is 11.5 Å². The van der Waals surface area contributed by atoms with Gasteiger partial charge in [0.1, 0.15) is 5.00 Å². The number of Topliss-reactive ketones (excluding diaryl/α,β-unsaturated/α-hetero) is 1. The van der Waals surface area contributed by atoms with Crippen molar-refractivity contribution in [2.75, 3.05) is 17.6 Å². The van der Waals surface area contributed by atoms with Gasteiger partial charge in [0, 0.05) is 13.5 Å². The standard InChI is InChI=1S/C10H12F3N3O2S/c1-4(17)7-6(14)5(8(15)18)9(19-7)16-3-2-10(11,12)13/h16H,2-3,14H2,1H3,(H2,15,18). The number of amides is 1. The molecule has 5 nitrogen and oxygen atoms in total. The zero-order chi connectivity index (χ0) is 14.8. The number of alkyl halides is 3. The summed E-state index contributed by atoms with van der Waals surface area (Å²) >= 11 is 0.819. The summed E-state index contributed by atoms with van der Waals surface area (Å²) in [7, 11) is 0. The average molecular weight is 295 g/mol. The molecule has 9 heteroatoms. The van der Waals surface area contributed by atoms with Gasteiger partial charge in [0.25, 0.3) is 5.91 Å². The third-order valence-electron chi connectivity index (χ3n) is 2.21. The molecule has 1 aromatic heterocycles. The van der Waals surface area contributed by atoms with E-state index < -0.39 is 25.0 Å². The number of thiophene rings is 1. The minimum Gasteiger partial charge on any atom is -0.397 e. The van der Waals surface area contributed by atoms with Gasteiger partial charge in [-0.1, -0.05) is 0 Å². The van der Waals surface area contributed by atoms with Gasteiger partial charge < -0.3 is 16.8 Å². The van der Waals surface area contributed by atoms with E-state index in [2.05, 4.69) is 5.32 Å². The number of hydrogen-bond donors (Lipinski definition) is 3. The molecular formula is C10H12F3N3O2S. The van der Waals surface area contributed by atoms with Gasteiger partial charge in [0.2, 0.25) is 0 Å². The summed E-state index contributed by atoms with van der Waals surface area (Å²) < 4.78 is 36.1. The first-order chi connectivity index (χ1) is 8.63. The van der Waals surface area contributed by atoms with Gasteiger partial charge in [0.05, 0.1) is 22.5 Å². The van der Waals surface area contributed by atoms with Crippen LogP contribution in [0, 0.1) is 0 Å². The Morgan fingerprint density at radius 3 is 2.37 bits per heavy atom. The van der Waals surface area contributed by atoms with Gasteiger partial charge in [0.15, 0.2) is 5.78 Å². The quantitative estimate of drug-likeness (QED) is 0.723. The van der Waals surface area contributed by atoms with Crippen LogP contribution in [-0.2, 0) is 0 Å². The molecule has 0 aliphatic carbocycles. The summed E-state index contributed by atoms with van der Waals surface area (Å²) in [6, 6.07) is 0. The van der Waals surface area contributed by atoms with E-state index in [1.165, 1.54) is 6.92 Å². The minimum atomic E-state index is -4.31. The number of hydrogen-bond acceptors (Lipinski definition) is 5. The van der Waals surface area contributed by atoms with E-state index in [1.807, 2.05) is 0 Å². The van der Waals surface area contributed by atoms with E-state index in [1.54, 1.807) is 0 Å². The predicted molar refractivity (Wildman–Crippen MR) is 66.4 cm³/mol. The molecule has 19 heavy (non-hydrogen) atoms. The van der Waals surface area contributed by atoms with Gasteiger partial charge in [-0.3, -0.25) is 9.59 Å². The van der Waals surface area contributed by atoms with Gasteiger partial charge in [-0.25, -0.2) is 0 Å². The van der Waals surface area contributed by atoms with Crippen molar-refractivity contribution in [3.63, 3.8) is 0 Å². The van der Waals surface area contributed by atoms with Crippen LogP contribution in [0.5, 0.6) is 0 Å². The Morgan fingerprint density at radius 1 is 1.37 bits per heavy atom. The van der Waals surface area contributed by atoms with E-state index in [0.29, 0.717) is 0 Å². The molecule has 1 rings (SSSR count). The highest BCUT2D eigenvalue weighted by molar-refractivity contribution is 7.19. The Labute approximate surface area is 110 Å². The van der Waals surface area contributed by atoms with Crippen LogP contribution in [-0.4, -0.2) is 24.4 Å². The molecule has 1 aromatic rings. The molecule has 0 unspecified atom stereocenters. The Bertz CT molecular complexity index is 511. The number of primary amides is 1. The van der Waals surface area contributed by atoms with Crippen molar-refractivity contribution in [1.82, 2.24) is 0 Å². The monoisotopic (exact) mass is 295 g/mol. The summed E-state index contributed by atoms with van der Waals surface area (Å²) in [5.41, 5.74) is 10.5. The lowest BCUT2D eigenvalue weighted by atomic mass is 10.2. The van der Waals surface area contributed by atoms with E-state index in [0.717, 1.165) is 11.3 Å². The first kappa shape index (κ1) is 15.3. The fourth-order valence-corrected chi connectivity index (χ4v) is 2.44. The molecular weight excluding hydrogens is 283 g/mol. The Morgan fingerprint density at radius 2 is 1.95 bits per heavy atom. The van der Waals surface area contributed by atoms with Crippen LogP contribution < -0.4 is 16.8 Å². The van der Waals surface area contributed by atoms with Crippen molar-refractivity contribution in [3.8, 4) is 0 Å². The van der Waals surface area contributed by atoms with Crippen LogP contribution in [0.1, 0.15) is 33.4 Å². The molecule has 0 aliphatic heterocycles. The molecule has 0 aliphatic rings. The molecule has 0 radical (unpaired) electrons. The van der Waals surface area contributed by atoms with Crippen LogP contribution in [0.2, 0.25) is 0 Å². The molecule has 0 aromatic carbocycles. The number of carbonyl (C=O) groups is 2. The summed E-state index contributed by atoms with van der Waals surface area (Å²) in [5, 5.41) is 2.52. The number of carbonyl (C=O) groups excluding carboxylic acids is 2. The number of nitrogen functional groups attached to an aromatic ring is 1. The molecule has 1 amide bonds. The SMILES string of the molecule is CC(=O)c1sc(NCCC(F)(F)F)c(C(N)=O)c1N. The van der Waals surface area contributed by atoms with Crippen molar-refractivity contribution in [3.05, 3.63) is 10.4 Å². The second kappa shape index (κ2) is 5.47. The van der Waals surface area contributed by atoms with Gasteiger partial charge >= 0.3 is 6.18 Å². The smallest absolute Gasteiger partial charge is 0.390 e. The molecule has 0 saturated carbocycles. The van der Waals surface area contributed by atoms with Gasteiger partial charge in [-0.05, 0) is 0 Å². The van der Waals surface area contributed by atoms with Crippen LogP contribution >= 0.6 is 11.3 Å². The molecule has 0 bridgehead atoms. The third-order valence-corrected chi connectivity index (χ3v) is 3.47. The highest BCUT2D eigenvalue weighted by Crippen LogP contribution is 2.36. The fourth-order valence-electron chi connectivity index (χ4n) is 1.39. The fraction of sp³-hybridized carbons (Fsp3) is 0.400. The first-order valence-corrected chi connectivity index (χ1v) is 5.98. The highest BCUT2D eigenvalue weighted by atomic mass is 32.1. The van der Waals surface area contributed by atoms with Crippen LogP contribution in [0.3, 0.4) is 0 Å². The lowest BCUT2D eigenvalue weighted by Crippen LogP contribution is -2.17. The first-order valence-electron chi connectivity index (χ1n) is 5.17. The van der Waals surface area contributed by atoms with Crippen LogP contribution in [0.4, 0.5) is 23.9 Å². The Kier molecular flexibility index (Phi) is 4.40. The second-order valence-corrected chi connectivity index (χ2v) is 4.78. The molecule has 0 atom stereocenters. The largest absolute Gasteiger partial charge is 0.397 e. The number of anilines is 2. The lowest BCUT2D eigenvalue weighted by Gasteiger charge is -2.08. The minimum absolute atomic E-state index is 0.0828. The number of ketones is 1. The molecule has 0 fully saturated rings. The maximum absolute atomic E-state index is 12.0. The lowest BCUT2D eigenvalue weighted by molar-refractivity contribution is -0.131. The topological polar surface area (TPSA) is 98.2 Å². The Balaban J connectivity index is 2.97.